The van der Waals surface area contributed by atoms with Crippen molar-refractivity contribution in [3.05, 3.63) is 28.2 Å². The maximum absolute atomic E-state index is 12.9. The first-order valence-electron chi connectivity index (χ1n) is 8.80. The van der Waals surface area contributed by atoms with E-state index in [1.54, 1.807) is 12.1 Å². The van der Waals surface area contributed by atoms with E-state index in [-0.39, 0.29) is 12.5 Å². The Morgan fingerprint density at radius 2 is 1.77 bits per heavy atom. The van der Waals surface area contributed by atoms with Gasteiger partial charge in [-0.2, -0.15) is 0 Å². The Balaban J connectivity index is 1.68. The molecule has 1 spiro atoms. The van der Waals surface area contributed by atoms with Crippen molar-refractivity contribution in [3.8, 4) is 0 Å². The second-order valence-corrected chi connectivity index (χ2v) is 7.69. The lowest BCUT2D eigenvalue weighted by Crippen LogP contribution is -2.47. The molecule has 140 valence electrons. The molecule has 3 rings (SSSR count). The van der Waals surface area contributed by atoms with Crippen LogP contribution in [0.25, 0.3) is 0 Å². The average Bonchev–Trinajstić information content (AvgIpc) is 2.79. The Morgan fingerprint density at radius 1 is 1.12 bits per heavy atom. The fourth-order valence-electron chi connectivity index (χ4n) is 3.59. The van der Waals surface area contributed by atoms with Crippen molar-refractivity contribution in [1.29, 1.82) is 0 Å². The number of anilines is 1. The van der Waals surface area contributed by atoms with Crippen LogP contribution in [0.5, 0.6) is 0 Å². The van der Waals surface area contributed by atoms with E-state index in [2.05, 4.69) is 10.6 Å². The largest absolute Gasteiger partial charge is 0.325 e. The Morgan fingerprint density at radius 3 is 2.42 bits per heavy atom. The molecule has 2 fully saturated rings. The second-order valence-electron chi connectivity index (χ2n) is 6.84. The van der Waals surface area contributed by atoms with Crippen LogP contribution in [0.4, 0.5) is 10.5 Å². The van der Waals surface area contributed by atoms with Gasteiger partial charge >= 0.3 is 6.03 Å². The summed E-state index contributed by atoms with van der Waals surface area (Å²) < 4.78 is 0. The number of carbonyl (C=O) groups excluding carboxylic acids is 3. The molecule has 0 radical (unpaired) electrons. The molecule has 1 aliphatic carbocycles. The van der Waals surface area contributed by atoms with Crippen LogP contribution in [0.3, 0.4) is 0 Å². The molecule has 1 aliphatic heterocycles. The standard InChI is InChI=1S/C18H21Cl2N3O3/c19-12-6-7-14(13(20)10-12)21-15(24)11-23-16(25)18(22-17(23)26)8-4-2-1-3-5-9-18/h6-7,10H,1-5,8-9,11H2,(H,21,24)(H,22,26). The normalized spacial score (nSPS) is 19.8. The highest BCUT2D eigenvalue weighted by atomic mass is 35.5. The zero-order chi connectivity index (χ0) is 18.7. The first-order chi connectivity index (χ1) is 12.4. The van der Waals surface area contributed by atoms with E-state index >= 15 is 0 Å². The highest BCUT2D eigenvalue weighted by Gasteiger charge is 2.50. The van der Waals surface area contributed by atoms with Gasteiger partial charge in [0.2, 0.25) is 5.91 Å². The van der Waals surface area contributed by atoms with Crippen molar-refractivity contribution in [3.63, 3.8) is 0 Å². The van der Waals surface area contributed by atoms with Crippen molar-refractivity contribution in [2.24, 2.45) is 0 Å². The number of nitrogens with zero attached hydrogens (tertiary/aromatic N) is 1. The minimum absolute atomic E-state index is 0.291. The van der Waals surface area contributed by atoms with E-state index in [0.717, 1.165) is 37.0 Å². The van der Waals surface area contributed by atoms with Crippen LogP contribution in [-0.2, 0) is 9.59 Å². The zero-order valence-electron chi connectivity index (χ0n) is 14.3. The van der Waals surface area contributed by atoms with E-state index in [1.165, 1.54) is 6.07 Å². The molecule has 1 heterocycles. The maximum atomic E-state index is 12.9. The summed E-state index contributed by atoms with van der Waals surface area (Å²) >= 11 is 11.9. The van der Waals surface area contributed by atoms with Crippen LogP contribution in [0.2, 0.25) is 10.0 Å². The summed E-state index contributed by atoms with van der Waals surface area (Å²) in [6.07, 6.45) is 6.31. The Bertz CT molecular complexity index is 730. The van der Waals surface area contributed by atoms with Crippen LogP contribution < -0.4 is 10.6 Å². The van der Waals surface area contributed by atoms with Crippen LogP contribution >= 0.6 is 23.2 Å². The number of rotatable bonds is 3. The minimum Gasteiger partial charge on any atom is -0.323 e. The van der Waals surface area contributed by atoms with Crippen LogP contribution in [-0.4, -0.2) is 34.8 Å². The fraction of sp³-hybridized carbons (Fsp3) is 0.500. The van der Waals surface area contributed by atoms with Gasteiger partial charge in [0.05, 0.1) is 10.7 Å². The lowest BCUT2D eigenvalue weighted by molar-refractivity contribution is -0.134. The van der Waals surface area contributed by atoms with Gasteiger partial charge in [0.15, 0.2) is 0 Å². The number of halogens is 2. The number of hydrogen-bond donors (Lipinski definition) is 2. The molecular weight excluding hydrogens is 377 g/mol. The molecule has 1 aromatic rings. The molecule has 0 aromatic heterocycles. The molecule has 1 aromatic carbocycles. The molecule has 26 heavy (non-hydrogen) atoms. The summed E-state index contributed by atoms with van der Waals surface area (Å²) in [5.41, 5.74) is -0.468. The van der Waals surface area contributed by atoms with Gasteiger partial charge in [-0.05, 0) is 31.0 Å². The lowest BCUT2D eigenvalue weighted by atomic mass is 9.84. The van der Waals surface area contributed by atoms with Gasteiger partial charge in [0.1, 0.15) is 12.1 Å². The van der Waals surface area contributed by atoms with Gasteiger partial charge in [-0.15, -0.1) is 0 Å². The topological polar surface area (TPSA) is 78.5 Å². The predicted octanol–water partition coefficient (Wildman–Crippen LogP) is 3.97. The smallest absolute Gasteiger partial charge is 0.323 e. The molecule has 1 saturated carbocycles. The number of hydrogen-bond acceptors (Lipinski definition) is 3. The van der Waals surface area contributed by atoms with Crippen LogP contribution in [0.1, 0.15) is 44.9 Å². The van der Waals surface area contributed by atoms with Crippen molar-refractivity contribution in [1.82, 2.24) is 10.2 Å². The number of carbonyl (C=O) groups is 3. The third-order valence-electron chi connectivity index (χ3n) is 4.96. The highest BCUT2D eigenvalue weighted by Crippen LogP contribution is 2.32. The van der Waals surface area contributed by atoms with Crippen LogP contribution in [0.15, 0.2) is 18.2 Å². The second kappa shape index (κ2) is 7.84. The maximum Gasteiger partial charge on any atom is 0.325 e. The van der Waals surface area contributed by atoms with E-state index in [0.29, 0.717) is 28.6 Å². The average molecular weight is 398 g/mol. The molecule has 1 saturated heterocycles. The van der Waals surface area contributed by atoms with Gasteiger partial charge in [-0.25, -0.2) is 4.79 Å². The molecule has 2 N–H and O–H groups in total. The third kappa shape index (κ3) is 3.96. The molecule has 0 atom stereocenters. The van der Waals surface area contributed by atoms with Gasteiger partial charge in [0, 0.05) is 5.02 Å². The molecule has 0 unspecified atom stereocenters. The first kappa shape index (κ1) is 19.0. The van der Waals surface area contributed by atoms with E-state index < -0.39 is 17.5 Å². The summed E-state index contributed by atoms with van der Waals surface area (Å²) in [5, 5.41) is 6.20. The summed E-state index contributed by atoms with van der Waals surface area (Å²) in [7, 11) is 0. The number of amides is 4. The number of imide groups is 1. The minimum atomic E-state index is -0.851. The Labute approximate surface area is 162 Å². The van der Waals surface area contributed by atoms with Gasteiger partial charge in [-0.3, -0.25) is 14.5 Å². The molecule has 8 heteroatoms. The molecule has 4 amide bonds. The predicted molar refractivity (Wildman–Crippen MR) is 100 cm³/mol. The van der Waals surface area contributed by atoms with Crippen LogP contribution in [0, 0.1) is 0 Å². The summed E-state index contributed by atoms with van der Waals surface area (Å²) in [6, 6.07) is 4.17. The number of urea groups is 1. The molecular formula is C18H21Cl2N3O3. The van der Waals surface area contributed by atoms with Gasteiger partial charge < -0.3 is 10.6 Å². The summed E-state index contributed by atoms with van der Waals surface area (Å²) in [5.74, 6) is -0.789. The van der Waals surface area contributed by atoms with Crippen molar-refractivity contribution in [2.45, 2.75) is 50.5 Å². The number of benzene rings is 1. The zero-order valence-corrected chi connectivity index (χ0v) is 15.8. The van der Waals surface area contributed by atoms with E-state index in [9.17, 15) is 14.4 Å². The third-order valence-corrected chi connectivity index (χ3v) is 5.51. The monoisotopic (exact) mass is 397 g/mol. The van der Waals surface area contributed by atoms with Crippen molar-refractivity contribution in [2.75, 3.05) is 11.9 Å². The quantitative estimate of drug-likeness (QED) is 0.757. The summed E-state index contributed by atoms with van der Waals surface area (Å²) in [4.78, 5) is 38.5. The summed E-state index contributed by atoms with van der Waals surface area (Å²) in [6.45, 7) is -0.342. The van der Waals surface area contributed by atoms with Gasteiger partial charge in [-0.1, -0.05) is 55.3 Å². The fourth-order valence-corrected chi connectivity index (χ4v) is 4.05. The first-order valence-corrected chi connectivity index (χ1v) is 9.56. The Kier molecular flexibility index (Phi) is 5.73. The highest BCUT2D eigenvalue weighted by molar-refractivity contribution is 6.36. The van der Waals surface area contributed by atoms with Crippen molar-refractivity contribution >= 4 is 46.7 Å². The molecule has 0 bridgehead atoms. The van der Waals surface area contributed by atoms with E-state index in [1.807, 2.05) is 0 Å². The number of nitrogens with one attached hydrogen (secondary N) is 2. The lowest BCUT2D eigenvalue weighted by Gasteiger charge is -2.28. The van der Waals surface area contributed by atoms with Gasteiger partial charge in [0.25, 0.3) is 5.91 Å². The molecule has 2 aliphatic rings. The van der Waals surface area contributed by atoms with E-state index in [4.69, 9.17) is 23.2 Å². The van der Waals surface area contributed by atoms with Crippen molar-refractivity contribution < 1.29 is 14.4 Å². The molecule has 6 nitrogen and oxygen atoms in total. The SMILES string of the molecule is O=C(CN1C(=O)NC2(CCCCCCC2)C1=O)Nc1ccc(Cl)cc1Cl. The Hall–Kier alpha value is -1.79.